The van der Waals surface area contributed by atoms with Gasteiger partial charge in [-0.3, -0.25) is 38.4 Å². The van der Waals surface area contributed by atoms with Crippen molar-refractivity contribution < 1.29 is 63.6 Å². The van der Waals surface area contributed by atoms with Crippen molar-refractivity contribution >= 4 is 53.3 Å². The number of amides is 7. The standard InChI is InChI=1S/C31H53N9O13/c1-15(25(46)39-24(16(2)42)29(50)38-20(31(52)53)6-3-4-12-32)35-27(48)18(9-11-23(44)45)36-28(49)21-7-5-13-40(21)30(51)19(8-10-22(34)43)37-26(47)17(33)14-41/h15-21,24,41-42H,3-14,32-33H2,1-2H3,(H2,34,43)(H,35,48)(H,36,49)(H,37,47)(H,38,50)(H,39,46)(H,44,45)(H,52,53)/t15-,16+,17-,18-,19-,20-,21-,24-/m0/s1. The third-order valence-electron chi connectivity index (χ3n) is 8.32. The molecule has 0 aromatic rings. The normalized spacial score (nSPS) is 17.8. The predicted molar refractivity (Wildman–Crippen MR) is 183 cm³/mol. The molecule has 53 heavy (non-hydrogen) atoms. The van der Waals surface area contributed by atoms with Crippen LogP contribution in [-0.4, -0.2) is 147 Å². The van der Waals surface area contributed by atoms with Crippen LogP contribution in [-0.2, 0) is 43.2 Å². The van der Waals surface area contributed by atoms with Crippen molar-refractivity contribution in [2.45, 2.75) is 120 Å². The van der Waals surface area contributed by atoms with Crippen molar-refractivity contribution in [3.8, 4) is 0 Å². The molecule has 22 heteroatoms. The van der Waals surface area contributed by atoms with E-state index in [2.05, 4.69) is 26.6 Å². The number of carbonyl (C=O) groups excluding carboxylic acids is 7. The van der Waals surface area contributed by atoms with Crippen LogP contribution in [0, 0.1) is 0 Å². The van der Waals surface area contributed by atoms with Crippen molar-refractivity contribution in [1.29, 1.82) is 0 Å². The monoisotopic (exact) mass is 759 g/mol. The third-order valence-corrected chi connectivity index (χ3v) is 8.32. The molecule has 0 aromatic heterocycles. The van der Waals surface area contributed by atoms with Crippen LogP contribution in [0.25, 0.3) is 0 Å². The van der Waals surface area contributed by atoms with Gasteiger partial charge in [0, 0.05) is 19.4 Å². The lowest BCUT2D eigenvalue weighted by Crippen LogP contribution is -2.60. The SMILES string of the molecule is C[C@H](NC(=O)[C@H](CCC(=O)O)NC(=O)[C@@H]1CCCN1C(=O)[C@H](CCC(N)=O)NC(=O)[C@@H](N)CO)C(=O)N[C@H](C(=O)N[C@@H](CCCCN)C(=O)O)[C@@H](C)O. The molecule has 15 N–H and O–H groups in total. The first-order chi connectivity index (χ1) is 24.8. The Balaban J connectivity index is 3.10. The highest BCUT2D eigenvalue weighted by Gasteiger charge is 2.40. The molecule has 7 amide bonds. The van der Waals surface area contributed by atoms with Gasteiger partial charge < -0.3 is 69.1 Å². The first-order valence-electron chi connectivity index (χ1n) is 17.1. The lowest BCUT2D eigenvalue weighted by Gasteiger charge is -2.30. The number of carboxylic acids is 2. The summed E-state index contributed by atoms with van der Waals surface area (Å²) >= 11 is 0. The summed E-state index contributed by atoms with van der Waals surface area (Å²) in [5.41, 5.74) is 16.2. The Morgan fingerprint density at radius 2 is 1.40 bits per heavy atom. The van der Waals surface area contributed by atoms with Gasteiger partial charge in [0.1, 0.15) is 42.3 Å². The number of aliphatic hydroxyl groups is 2. The maximum absolute atomic E-state index is 13.5. The Morgan fingerprint density at radius 1 is 0.774 bits per heavy atom. The van der Waals surface area contributed by atoms with Gasteiger partial charge >= 0.3 is 11.9 Å². The average molecular weight is 760 g/mol. The molecule has 1 aliphatic heterocycles. The summed E-state index contributed by atoms with van der Waals surface area (Å²) in [5, 5.41) is 49.7. The van der Waals surface area contributed by atoms with Gasteiger partial charge in [0.25, 0.3) is 0 Å². The highest BCUT2D eigenvalue weighted by molar-refractivity contribution is 5.97. The minimum Gasteiger partial charge on any atom is -0.481 e. The molecule has 0 saturated carbocycles. The Kier molecular flexibility index (Phi) is 19.9. The van der Waals surface area contributed by atoms with E-state index >= 15 is 0 Å². The number of rotatable bonds is 24. The molecule has 0 radical (unpaired) electrons. The molecular weight excluding hydrogens is 706 g/mol. The van der Waals surface area contributed by atoms with Crippen molar-refractivity contribution in [1.82, 2.24) is 31.5 Å². The number of carbonyl (C=O) groups is 9. The number of aliphatic hydroxyl groups excluding tert-OH is 2. The van der Waals surface area contributed by atoms with E-state index in [1.165, 1.54) is 13.8 Å². The summed E-state index contributed by atoms with van der Waals surface area (Å²) in [5.74, 6) is -8.99. The largest absolute Gasteiger partial charge is 0.481 e. The van der Waals surface area contributed by atoms with Crippen LogP contribution in [0.3, 0.4) is 0 Å². The van der Waals surface area contributed by atoms with E-state index in [0.717, 1.165) is 4.90 Å². The molecule has 1 saturated heterocycles. The fourth-order valence-corrected chi connectivity index (χ4v) is 5.29. The predicted octanol–water partition coefficient (Wildman–Crippen LogP) is -5.53. The molecule has 0 spiro atoms. The van der Waals surface area contributed by atoms with Gasteiger partial charge in [-0.1, -0.05) is 0 Å². The molecule has 0 unspecified atom stereocenters. The van der Waals surface area contributed by atoms with Gasteiger partial charge in [0.15, 0.2) is 0 Å². The molecule has 1 aliphatic rings. The lowest BCUT2D eigenvalue weighted by molar-refractivity contribution is -0.143. The van der Waals surface area contributed by atoms with E-state index < -0.39 is 121 Å². The molecule has 1 heterocycles. The van der Waals surface area contributed by atoms with E-state index in [4.69, 9.17) is 17.2 Å². The molecule has 300 valence electrons. The van der Waals surface area contributed by atoms with E-state index in [1.54, 1.807) is 0 Å². The summed E-state index contributed by atoms with van der Waals surface area (Å²) in [4.78, 5) is 114. The van der Waals surface area contributed by atoms with Gasteiger partial charge in [-0.05, 0) is 65.3 Å². The van der Waals surface area contributed by atoms with Crippen LogP contribution in [0.4, 0.5) is 0 Å². The van der Waals surface area contributed by atoms with Crippen LogP contribution in [0.2, 0.25) is 0 Å². The Hall–Kier alpha value is -4.93. The zero-order chi connectivity index (χ0) is 40.4. The van der Waals surface area contributed by atoms with Crippen molar-refractivity contribution in [2.24, 2.45) is 17.2 Å². The number of likely N-dealkylation sites (tertiary alicyclic amines) is 1. The Labute approximate surface area is 305 Å². The van der Waals surface area contributed by atoms with Crippen LogP contribution >= 0.6 is 0 Å². The number of nitrogens with two attached hydrogens (primary N) is 3. The van der Waals surface area contributed by atoms with Gasteiger partial charge in [0.05, 0.1) is 12.7 Å². The minimum atomic E-state index is -1.64. The third kappa shape index (κ3) is 15.7. The van der Waals surface area contributed by atoms with Gasteiger partial charge in [-0.15, -0.1) is 0 Å². The number of carboxylic acid groups (broad SMARTS) is 2. The smallest absolute Gasteiger partial charge is 0.326 e. The maximum atomic E-state index is 13.5. The number of nitrogens with zero attached hydrogens (tertiary/aromatic N) is 1. The fraction of sp³-hybridized carbons (Fsp3) is 0.710. The molecule has 8 atom stereocenters. The molecule has 0 bridgehead atoms. The second kappa shape index (κ2) is 22.9. The Morgan fingerprint density at radius 3 is 1.94 bits per heavy atom. The molecule has 1 fully saturated rings. The van der Waals surface area contributed by atoms with E-state index in [9.17, 15) is 63.6 Å². The average Bonchev–Trinajstić information content (AvgIpc) is 3.59. The van der Waals surface area contributed by atoms with Crippen molar-refractivity contribution in [2.75, 3.05) is 19.7 Å². The second-order valence-electron chi connectivity index (χ2n) is 12.7. The van der Waals surface area contributed by atoms with Crippen LogP contribution in [0.15, 0.2) is 0 Å². The number of nitrogens with one attached hydrogen (secondary N) is 5. The highest BCUT2D eigenvalue weighted by Crippen LogP contribution is 2.20. The lowest BCUT2D eigenvalue weighted by atomic mass is 10.1. The van der Waals surface area contributed by atoms with E-state index in [0.29, 0.717) is 25.8 Å². The van der Waals surface area contributed by atoms with Gasteiger partial charge in [-0.25, -0.2) is 4.79 Å². The summed E-state index contributed by atoms with van der Waals surface area (Å²) in [6.45, 7) is 1.97. The molecule has 1 rings (SSSR count). The second-order valence-corrected chi connectivity index (χ2v) is 12.7. The zero-order valence-electron chi connectivity index (χ0n) is 29.7. The zero-order valence-corrected chi connectivity index (χ0v) is 29.7. The number of unbranched alkanes of at least 4 members (excludes halogenated alkanes) is 1. The van der Waals surface area contributed by atoms with Gasteiger partial charge in [0.2, 0.25) is 41.4 Å². The van der Waals surface area contributed by atoms with Crippen LogP contribution < -0.4 is 43.8 Å². The molecule has 22 nitrogen and oxygen atoms in total. The summed E-state index contributed by atoms with van der Waals surface area (Å²) in [7, 11) is 0. The van der Waals surface area contributed by atoms with Crippen LogP contribution in [0.1, 0.15) is 71.6 Å². The minimum absolute atomic E-state index is 0.0349. The highest BCUT2D eigenvalue weighted by atomic mass is 16.4. The van der Waals surface area contributed by atoms with Crippen molar-refractivity contribution in [3.05, 3.63) is 0 Å². The molecule has 0 aromatic carbocycles. The summed E-state index contributed by atoms with van der Waals surface area (Å²) < 4.78 is 0. The first kappa shape index (κ1) is 46.1. The maximum Gasteiger partial charge on any atom is 0.326 e. The molecule has 0 aliphatic carbocycles. The number of hydrogen-bond acceptors (Lipinski definition) is 13. The van der Waals surface area contributed by atoms with Crippen LogP contribution in [0.5, 0.6) is 0 Å². The first-order valence-corrected chi connectivity index (χ1v) is 17.1. The Bertz CT molecular complexity index is 1330. The summed E-state index contributed by atoms with van der Waals surface area (Å²) in [6.07, 6.45) is -1.78. The van der Waals surface area contributed by atoms with E-state index in [-0.39, 0.29) is 32.2 Å². The fourth-order valence-electron chi connectivity index (χ4n) is 5.29. The molecular formula is C31H53N9O13. The quantitative estimate of drug-likeness (QED) is 0.0408. The topological polar surface area (TPSA) is 376 Å². The number of primary amides is 1. The van der Waals surface area contributed by atoms with Gasteiger partial charge in [-0.2, -0.15) is 0 Å². The van der Waals surface area contributed by atoms with E-state index in [1.807, 2.05) is 0 Å². The number of hydrogen-bond donors (Lipinski definition) is 12. The summed E-state index contributed by atoms with van der Waals surface area (Å²) in [6, 6.07) is -9.88. The number of aliphatic carboxylic acids is 2. The van der Waals surface area contributed by atoms with Crippen molar-refractivity contribution in [3.63, 3.8) is 0 Å².